The molecular weight excluding hydrogens is 517 g/mol. The Labute approximate surface area is 202 Å². The molecule has 0 bridgehead atoms. The van der Waals surface area contributed by atoms with Crippen molar-refractivity contribution in [2.45, 2.75) is 6.61 Å². The van der Waals surface area contributed by atoms with Gasteiger partial charge in [0.2, 0.25) is 5.13 Å². The number of benzene rings is 3. The third kappa shape index (κ3) is 6.08. The summed E-state index contributed by atoms with van der Waals surface area (Å²) in [7, 11) is 0. The van der Waals surface area contributed by atoms with E-state index in [4.69, 9.17) is 27.9 Å². The van der Waals surface area contributed by atoms with Crippen molar-refractivity contribution in [1.82, 2.24) is 4.98 Å². The number of rotatable bonds is 7. The second-order valence-corrected chi connectivity index (χ2v) is 9.13. The highest BCUT2D eigenvalue weighted by Gasteiger charge is 2.04. The van der Waals surface area contributed by atoms with E-state index in [0.29, 0.717) is 16.7 Å². The van der Waals surface area contributed by atoms with Crippen LogP contribution in [0, 0.1) is 0 Å². The van der Waals surface area contributed by atoms with Gasteiger partial charge in [-0.2, -0.15) is 5.10 Å². The van der Waals surface area contributed by atoms with Crippen LogP contribution in [0.4, 0.5) is 5.13 Å². The van der Waals surface area contributed by atoms with Crippen LogP contribution in [-0.2, 0) is 6.61 Å². The summed E-state index contributed by atoms with van der Waals surface area (Å²) < 4.78 is 6.84. The lowest BCUT2D eigenvalue weighted by Crippen LogP contribution is -1.96. The van der Waals surface area contributed by atoms with Gasteiger partial charge in [-0.1, -0.05) is 57.3 Å². The van der Waals surface area contributed by atoms with E-state index in [-0.39, 0.29) is 0 Å². The van der Waals surface area contributed by atoms with Crippen LogP contribution in [0.25, 0.3) is 11.3 Å². The van der Waals surface area contributed by atoms with Crippen LogP contribution in [0.2, 0.25) is 10.0 Å². The Balaban J connectivity index is 1.31. The summed E-state index contributed by atoms with van der Waals surface area (Å²) in [5, 5.41) is 8.20. The fourth-order valence-corrected chi connectivity index (χ4v) is 4.09. The van der Waals surface area contributed by atoms with Crippen molar-refractivity contribution >= 4 is 61.8 Å². The number of nitrogens with zero attached hydrogens (tertiary/aromatic N) is 2. The minimum atomic E-state index is 0.371. The molecular formula is C23H16BrCl2N3OS. The van der Waals surface area contributed by atoms with Gasteiger partial charge >= 0.3 is 0 Å². The number of thiazole rings is 1. The Hall–Kier alpha value is -2.38. The average Bonchev–Trinajstić information content (AvgIpc) is 3.23. The standard InChI is InChI=1S/C23H16BrCl2N3OS/c24-18-6-3-16(4-7-18)22-14-31-23(28-22)29-27-12-15-1-9-20(10-2-15)30-13-17-5-8-19(25)11-21(17)26/h1-12,14H,13H2,(H,28,29)/b27-12+. The Morgan fingerprint density at radius 3 is 2.55 bits per heavy atom. The van der Waals surface area contributed by atoms with Crippen molar-refractivity contribution in [1.29, 1.82) is 0 Å². The highest BCUT2D eigenvalue weighted by molar-refractivity contribution is 9.10. The molecule has 1 aromatic heterocycles. The molecule has 31 heavy (non-hydrogen) atoms. The van der Waals surface area contributed by atoms with Crippen molar-refractivity contribution < 1.29 is 4.74 Å². The number of halogens is 3. The molecule has 0 saturated heterocycles. The molecule has 8 heteroatoms. The third-order valence-electron chi connectivity index (χ3n) is 4.31. The van der Waals surface area contributed by atoms with Gasteiger partial charge in [-0.05, 0) is 54.1 Å². The lowest BCUT2D eigenvalue weighted by molar-refractivity contribution is 0.306. The smallest absolute Gasteiger partial charge is 0.203 e. The summed E-state index contributed by atoms with van der Waals surface area (Å²) in [5.41, 5.74) is 6.77. The summed E-state index contributed by atoms with van der Waals surface area (Å²) in [6.45, 7) is 0.371. The van der Waals surface area contributed by atoms with E-state index in [1.54, 1.807) is 18.3 Å². The Morgan fingerprint density at radius 1 is 1.03 bits per heavy atom. The minimum Gasteiger partial charge on any atom is -0.489 e. The predicted octanol–water partition coefficient (Wildman–Crippen LogP) is 7.90. The predicted molar refractivity (Wildman–Crippen MR) is 134 cm³/mol. The normalized spacial score (nSPS) is 11.1. The van der Waals surface area contributed by atoms with Crippen LogP contribution in [0.1, 0.15) is 11.1 Å². The van der Waals surface area contributed by atoms with E-state index in [1.165, 1.54) is 11.3 Å². The van der Waals surface area contributed by atoms with Gasteiger partial charge in [0.25, 0.3) is 0 Å². The van der Waals surface area contributed by atoms with Gasteiger partial charge in [0.05, 0.1) is 11.9 Å². The fourth-order valence-electron chi connectivity index (χ4n) is 2.69. The monoisotopic (exact) mass is 531 g/mol. The molecule has 0 saturated carbocycles. The number of ether oxygens (including phenoxy) is 1. The first-order valence-electron chi connectivity index (χ1n) is 9.24. The lowest BCUT2D eigenvalue weighted by Gasteiger charge is -2.08. The summed E-state index contributed by atoms with van der Waals surface area (Å²) in [5.74, 6) is 0.746. The Morgan fingerprint density at radius 2 is 1.81 bits per heavy atom. The Bertz CT molecular complexity index is 1190. The summed E-state index contributed by atoms with van der Waals surface area (Å²) in [4.78, 5) is 4.56. The van der Waals surface area contributed by atoms with Gasteiger partial charge in [-0.3, -0.25) is 5.43 Å². The van der Waals surface area contributed by atoms with Crippen molar-refractivity contribution in [2.24, 2.45) is 5.10 Å². The van der Waals surface area contributed by atoms with Crippen LogP contribution < -0.4 is 10.2 Å². The molecule has 0 aliphatic rings. The van der Waals surface area contributed by atoms with Crippen molar-refractivity contribution in [3.05, 3.63) is 97.8 Å². The molecule has 1 heterocycles. The van der Waals surface area contributed by atoms with E-state index in [0.717, 1.165) is 37.7 Å². The molecule has 0 aliphatic carbocycles. The summed E-state index contributed by atoms with van der Waals surface area (Å²) in [6.07, 6.45) is 1.74. The number of hydrazone groups is 1. The van der Waals surface area contributed by atoms with Gasteiger partial charge in [-0.15, -0.1) is 11.3 Å². The van der Waals surface area contributed by atoms with E-state index >= 15 is 0 Å². The molecule has 0 atom stereocenters. The molecule has 0 amide bonds. The van der Waals surface area contributed by atoms with E-state index in [1.807, 2.05) is 60.0 Å². The first-order chi connectivity index (χ1) is 15.1. The van der Waals surface area contributed by atoms with Crippen molar-refractivity contribution in [3.8, 4) is 17.0 Å². The van der Waals surface area contributed by atoms with E-state index < -0.39 is 0 Å². The first kappa shape index (κ1) is 21.8. The van der Waals surface area contributed by atoms with E-state index in [9.17, 15) is 0 Å². The second kappa shape index (κ2) is 10.3. The summed E-state index contributed by atoms with van der Waals surface area (Å²) in [6, 6.07) is 21.0. The zero-order chi connectivity index (χ0) is 21.6. The van der Waals surface area contributed by atoms with Gasteiger partial charge < -0.3 is 4.74 Å². The molecule has 0 fully saturated rings. The van der Waals surface area contributed by atoms with Crippen LogP contribution >= 0.6 is 50.5 Å². The Kier molecular flexibility index (Phi) is 7.25. The van der Waals surface area contributed by atoms with Crippen LogP contribution in [0.15, 0.2) is 81.7 Å². The maximum Gasteiger partial charge on any atom is 0.203 e. The molecule has 4 aromatic rings. The number of nitrogens with one attached hydrogen (secondary N) is 1. The number of hydrogen-bond donors (Lipinski definition) is 1. The molecule has 1 N–H and O–H groups in total. The van der Waals surface area contributed by atoms with Crippen LogP contribution in [-0.4, -0.2) is 11.2 Å². The SMILES string of the molecule is Clc1ccc(COc2ccc(/C=N/Nc3nc(-c4ccc(Br)cc4)cs3)cc2)c(Cl)c1. The fraction of sp³-hybridized carbons (Fsp3) is 0.0435. The van der Waals surface area contributed by atoms with Crippen molar-refractivity contribution in [2.75, 3.05) is 5.43 Å². The molecule has 156 valence electrons. The summed E-state index contributed by atoms with van der Waals surface area (Å²) >= 11 is 17.0. The highest BCUT2D eigenvalue weighted by atomic mass is 79.9. The maximum atomic E-state index is 6.18. The quantitative estimate of drug-likeness (QED) is 0.194. The van der Waals surface area contributed by atoms with Crippen molar-refractivity contribution in [3.63, 3.8) is 0 Å². The minimum absolute atomic E-state index is 0.371. The van der Waals surface area contributed by atoms with E-state index in [2.05, 4.69) is 31.4 Å². The molecule has 0 unspecified atom stereocenters. The van der Waals surface area contributed by atoms with Gasteiger partial charge in [0.15, 0.2) is 0 Å². The average molecular weight is 533 g/mol. The van der Waals surface area contributed by atoms with Gasteiger partial charge in [0.1, 0.15) is 12.4 Å². The first-order valence-corrected chi connectivity index (χ1v) is 11.7. The molecule has 0 radical (unpaired) electrons. The second-order valence-electron chi connectivity index (χ2n) is 6.51. The number of anilines is 1. The number of hydrogen-bond acceptors (Lipinski definition) is 5. The molecule has 0 aliphatic heterocycles. The molecule has 0 spiro atoms. The third-order valence-corrected chi connectivity index (χ3v) is 6.17. The number of aromatic nitrogens is 1. The van der Waals surface area contributed by atoms with Crippen LogP contribution in [0.5, 0.6) is 5.75 Å². The maximum absolute atomic E-state index is 6.18. The lowest BCUT2D eigenvalue weighted by atomic mass is 10.2. The zero-order valence-electron chi connectivity index (χ0n) is 16.1. The van der Waals surface area contributed by atoms with Gasteiger partial charge in [0, 0.05) is 31.0 Å². The molecule has 3 aromatic carbocycles. The zero-order valence-corrected chi connectivity index (χ0v) is 20.0. The topological polar surface area (TPSA) is 46.5 Å². The largest absolute Gasteiger partial charge is 0.489 e. The molecule has 4 nitrogen and oxygen atoms in total. The van der Waals surface area contributed by atoms with Gasteiger partial charge in [-0.25, -0.2) is 4.98 Å². The van der Waals surface area contributed by atoms with Crippen LogP contribution in [0.3, 0.4) is 0 Å². The highest BCUT2D eigenvalue weighted by Crippen LogP contribution is 2.26. The molecule has 4 rings (SSSR count).